The van der Waals surface area contributed by atoms with Gasteiger partial charge in [-0.1, -0.05) is 13.8 Å². The summed E-state index contributed by atoms with van der Waals surface area (Å²) in [7, 11) is 0. The van der Waals surface area contributed by atoms with Crippen LogP contribution in [0.3, 0.4) is 0 Å². The molecule has 0 aromatic heterocycles. The smallest absolute Gasteiger partial charge is 0.100 e. The van der Waals surface area contributed by atoms with Crippen molar-refractivity contribution in [2.45, 2.75) is 25.6 Å². The molecule has 3 fully saturated rings. The fourth-order valence-electron chi connectivity index (χ4n) is 3.62. The molecule has 0 heterocycles. The van der Waals surface area contributed by atoms with Crippen molar-refractivity contribution >= 4 is 0 Å². The summed E-state index contributed by atoms with van der Waals surface area (Å²) in [6, 6.07) is 0. The maximum absolute atomic E-state index is 9.65. The Labute approximate surface area is 59.9 Å². The third-order valence-electron chi connectivity index (χ3n) is 4.39. The summed E-state index contributed by atoms with van der Waals surface area (Å²) in [4.78, 5) is 0. The van der Waals surface area contributed by atoms with Crippen LogP contribution < -0.4 is 0 Å². The molecule has 0 aromatic rings. The first-order chi connectivity index (χ1) is 4.55. The fraction of sp³-hybridized carbons (Fsp3) is 1.00. The highest BCUT2D eigenvalue weighted by atomic mass is 16.4. The van der Waals surface area contributed by atoms with Crippen molar-refractivity contribution in [3.05, 3.63) is 0 Å². The van der Waals surface area contributed by atoms with E-state index < -0.39 is 11.7 Å². The van der Waals surface area contributed by atoms with Crippen LogP contribution in [-0.2, 0) is 0 Å². The first-order valence-electron chi connectivity index (χ1n) is 3.96. The molecule has 0 saturated heterocycles. The molecule has 0 spiro atoms. The lowest BCUT2D eigenvalue weighted by Gasteiger charge is -2.24. The molecule has 0 bridgehead atoms. The molecule has 56 valence electrons. The summed E-state index contributed by atoms with van der Waals surface area (Å²) in [5, 5.41) is 18.9. The number of aliphatic hydroxyl groups excluding tert-OH is 1. The molecule has 3 aliphatic rings. The average molecular weight is 140 g/mol. The van der Waals surface area contributed by atoms with Crippen LogP contribution >= 0.6 is 0 Å². The van der Waals surface area contributed by atoms with Gasteiger partial charge in [0.25, 0.3) is 0 Å². The maximum Gasteiger partial charge on any atom is 0.100 e. The molecule has 5 unspecified atom stereocenters. The first-order valence-corrected chi connectivity index (χ1v) is 3.96. The van der Waals surface area contributed by atoms with Crippen LogP contribution in [0.5, 0.6) is 0 Å². The van der Waals surface area contributed by atoms with E-state index in [1.807, 2.05) is 0 Å². The van der Waals surface area contributed by atoms with Crippen LogP contribution in [0.1, 0.15) is 13.8 Å². The van der Waals surface area contributed by atoms with E-state index in [0.29, 0.717) is 17.3 Å². The molecule has 2 heteroatoms. The molecule has 0 aliphatic heterocycles. The Morgan fingerprint density at radius 2 is 1.90 bits per heavy atom. The topological polar surface area (TPSA) is 40.5 Å². The third-order valence-corrected chi connectivity index (χ3v) is 4.39. The minimum absolute atomic E-state index is 0.222. The lowest BCUT2D eigenvalue weighted by molar-refractivity contribution is 0.00986. The SMILES string of the molecule is C[C@@H]1C2C3(O)C(O)C3C21C. The summed E-state index contributed by atoms with van der Waals surface area (Å²) in [6.07, 6.45) is -0.390. The van der Waals surface area contributed by atoms with E-state index in [1.165, 1.54) is 0 Å². The normalized spacial score (nSPS) is 82.8. The number of aliphatic hydroxyl groups is 2. The van der Waals surface area contributed by atoms with E-state index in [1.54, 1.807) is 0 Å². The summed E-state index contributed by atoms with van der Waals surface area (Å²) in [6.45, 7) is 4.35. The standard InChI is InChI=1S/C8H12O2/c1-3-4-7(3,2)5-6(9)8(4,5)10/h3-6,9-10H,1-2H3/t3-,4?,5?,6?,7?,8?/m1/s1. The molecule has 0 amide bonds. The zero-order valence-electron chi connectivity index (χ0n) is 6.20. The molecule has 6 atom stereocenters. The van der Waals surface area contributed by atoms with Crippen LogP contribution in [0, 0.1) is 23.2 Å². The minimum atomic E-state index is -0.631. The molecule has 3 saturated carbocycles. The lowest BCUT2D eigenvalue weighted by Crippen LogP contribution is -2.32. The van der Waals surface area contributed by atoms with Gasteiger partial charge in [-0.05, 0) is 17.3 Å². The van der Waals surface area contributed by atoms with E-state index in [2.05, 4.69) is 13.8 Å². The van der Waals surface area contributed by atoms with Gasteiger partial charge in [0.05, 0.1) is 6.10 Å². The summed E-state index contributed by atoms with van der Waals surface area (Å²) >= 11 is 0. The lowest BCUT2D eigenvalue weighted by atomic mass is 9.84. The molecule has 2 N–H and O–H groups in total. The highest BCUT2D eigenvalue weighted by Crippen LogP contribution is 2.89. The highest BCUT2D eigenvalue weighted by Gasteiger charge is 2.96. The van der Waals surface area contributed by atoms with Crippen molar-refractivity contribution in [1.82, 2.24) is 0 Å². The average Bonchev–Trinajstić information content (AvgIpc) is 2.49. The Morgan fingerprint density at radius 1 is 1.30 bits per heavy atom. The van der Waals surface area contributed by atoms with Crippen LogP contribution in [0.15, 0.2) is 0 Å². The van der Waals surface area contributed by atoms with Crippen LogP contribution in [0.4, 0.5) is 0 Å². The maximum atomic E-state index is 9.65. The van der Waals surface area contributed by atoms with Gasteiger partial charge in [-0.15, -0.1) is 0 Å². The largest absolute Gasteiger partial charge is 0.390 e. The second-order valence-corrected chi connectivity index (χ2v) is 4.44. The Bertz CT molecular complexity index is 191. The monoisotopic (exact) mass is 140 g/mol. The van der Waals surface area contributed by atoms with Gasteiger partial charge in [0.15, 0.2) is 0 Å². The molecule has 10 heavy (non-hydrogen) atoms. The number of fused-ring (bicyclic) bond motifs is 4. The van der Waals surface area contributed by atoms with Crippen molar-refractivity contribution in [3.63, 3.8) is 0 Å². The van der Waals surface area contributed by atoms with Gasteiger partial charge in [-0.2, -0.15) is 0 Å². The van der Waals surface area contributed by atoms with Gasteiger partial charge < -0.3 is 10.2 Å². The Balaban J connectivity index is 2.01. The van der Waals surface area contributed by atoms with Crippen molar-refractivity contribution in [3.8, 4) is 0 Å². The molecule has 2 nitrogen and oxygen atoms in total. The van der Waals surface area contributed by atoms with Crippen molar-refractivity contribution < 1.29 is 10.2 Å². The molecule has 3 rings (SSSR count). The zero-order chi connectivity index (χ0) is 7.31. The number of rotatable bonds is 0. The van der Waals surface area contributed by atoms with E-state index in [0.717, 1.165) is 0 Å². The van der Waals surface area contributed by atoms with Gasteiger partial charge in [-0.25, -0.2) is 0 Å². The predicted molar refractivity (Wildman–Crippen MR) is 35.2 cm³/mol. The second kappa shape index (κ2) is 0.978. The zero-order valence-corrected chi connectivity index (χ0v) is 6.20. The van der Waals surface area contributed by atoms with E-state index in [4.69, 9.17) is 0 Å². The minimum Gasteiger partial charge on any atom is -0.390 e. The molecule has 0 radical (unpaired) electrons. The Morgan fingerprint density at radius 3 is 2.20 bits per heavy atom. The predicted octanol–water partition coefficient (Wildman–Crippen LogP) is -0.00600. The van der Waals surface area contributed by atoms with Crippen LogP contribution in [0.2, 0.25) is 0 Å². The fourth-order valence-corrected chi connectivity index (χ4v) is 3.62. The summed E-state index contributed by atoms with van der Waals surface area (Å²) < 4.78 is 0. The Kier molecular flexibility index (Phi) is 0.543. The number of hydrogen-bond donors (Lipinski definition) is 2. The van der Waals surface area contributed by atoms with Gasteiger partial charge in [-0.3, -0.25) is 0 Å². The van der Waals surface area contributed by atoms with Crippen molar-refractivity contribution in [2.75, 3.05) is 0 Å². The highest BCUT2D eigenvalue weighted by molar-refractivity contribution is 5.44. The van der Waals surface area contributed by atoms with Crippen molar-refractivity contribution in [1.29, 1.82) is 0 Å². The molecule has 0 aromatic carbocycles. The van der Waals surface area contributed by atoms with E-state index in [-0.39, 0.29) is 5.92 Å². The van der Waals surface area contributed by atoms with E-state index >= 15 is 0 Å². The first kappa shape index (κ1) is 5.56. The van der Waals surface area contributed by atoms with Crippen LogP contribution in [0.25, 0.3) is 0 Å². The van der Waals surface area contributed by atoms with Gasteiger partial charge >= 0.3 is 0 Å². The summed E-state index contributed by atoms with van der Waals surface area (Å²) in [5.74, 6) is 1.28. The quantitative estimate of drug-likeness (QED) is 0.497. The van der Waals surface area contributed by atoms with Crippen LogP contribution in [-0.4, -0.2) is 21.9 Å². The number of hydrogen-bond acceptors (Lipinski definition) is 2. The van der Waals surface area contributed by atoms with Gasteiger partial charge in [0.1, 0.15) is 5.60 Å². The third kappa shape index (κ3) is 0.238. The van der Waals surface area contributed by atoms with Crippen molar-refractivity contribution in [2.24, 2.45) is 23.2 Å². The molecular weight excluding hydrogens is 128 g/mol. The van der Waals surface area contributed by atoms with E-state index in [9.17, 15) is 10.2 Å². The second-order valence-electron chi connectivity index (χ2n) is 4.44. The van der Waals surface area contributed by atoms with Gasteiger partial charge in [0, 0.05) is 5.92 Å². The summed E-state index contributed by atoms with van der Waals surface area (Å²) in [5.41, 5.74) is -0.317. The van der Waals surface area contributed by atoms with Gasteiger partial charge in [0.2, 0.25) is 0 Å². The molecular formula is C8H12O2. The Hall–Kier alpha value is -0.0800. The molecule has 3 aliphatic carbocycles.